The van der Waals surface area contributed by atoms with Crippen LogP contribution in [-0.2, 0) is 22.6 Å². The van der Waals surface area contributed by atoms with E-state index < -0.39 is 0 Å². The van der Waals surface area contributed by atoms with Crippen LogP contribution in [0.3, 0.4) is 0 Å². The number of benzene rings is 2. The largest absolute Gasteiger partial charge is 0.459 e. The Labute approximate surface area is 128 Å². The SMILES string of the molecule is O=C(Cc1ccccc1)OCc1cc(-c2ccccc2)on1. The van der Waals surface area contributed by atoms with Gasteiger partial charge in [-0.15, -0.1) is 0 Å². The molecule has 0 N–H and O–H groups in total. The summed E-state index contributed by atoms with van der Waals surface area (Å²) < 4.78 is 10.5. The number of hydrogen-bond acceptors (Lipinski definition) is 4. The van der Waals surface area contributed by atoms with Crippen LogP contribution in [0.15, 0.2) is 71.3 Å². The lowest BCUT2D eigenvalue weighted by molar-refractivity contribution is -0.144. The summed E-state index contributed by atoms with van der Waals surface area (Å²) in [5, 5.41) is 3.92. The molecule has 0 saturated heterocycles. The summed E-state index contributed by atoms with van der Waals surface area (Å²) in [6, 6.07) is 20.9. The third-order valence-electron chi connectivity index (χ3n) is 3.19. The number of carbonyl (C=O) groups is 1. The summed E-state index contributed by atoms with van der Waals surface area (Å²) in [4.78, 5) is 11.8. The monoisotopic (exact) mass is 293 g/mol. The van der Waals surface area contributed by atoms with Crippen molar-refractivity contribution in [3.05, 3.63) is 78.0 Å². The fourth-order valence-electron chi connectivity index (χ4n) is 2.09. The highest BCUT2D eigenvalue weighted by atomic mass is 16.5. The van der Waals surface area contributed by atoms with Gasteiger partial charge in [0, 0.05) is 11.6 Å². The Hall–Kier alpha value is -2.88. The smallest absolute Gasteiger partial charge is 0.310 e. The lowest BCUT2D eigenvalue weighted by atomic mass is 10.1. The van der Waals surface area contributed by atoms with Crippen LogP contribution in [0.25, 0.3) is 11.3 Å². The molecule has 110 valence electrons. The summed E-state index contributed by atoms with van der Waals surface area (Å²) >= 11 is 0. The van der Waals surface area contributed by atoms with Crippen molar-refractivity contribution >= 4 is 5.97 Å². The van der Waals surface area contributed by atoms with Gasteiger partial charge in [-0.2, -0.15) is 0 Å². The Morgan fingerprint density at radius 1 is 1.00 bits per heavy atom. The van der Waals surface area contributed by atoms with Gasteiger partial charge in [0.05, 0.1) is 6.42 Å². The number of ether oxygens (including phenoxy) is 1. The Morgan fingerprint density at radius 3 is 2.41 bits per heavy atom. The fourth-order valence-corrected chi connectivity index (χ4v) is 2.09. The van der Waals surface area contributed by atoms with E-state index in [9.17, 15) is 4.79 Å². The number of hydrogen-bond donors (Lipinski definition) is 0. The van der Waals surface area contributed by atoms with Crippen LogP contribution in [0, 0.1) is 0 Å². The first-order valence-electron chi connectivity index (χ1n) is 7.02. The van der Waals surface area contributed by atoms with Gasteiger partial charge in [-0.3, -0.25) is 4.79 Å². The molecule has 0 aliphatic heterocycles. The molecule has 0 saturated carbocycles. The molecule has 22 heavy (non-hydrogen) atoms. The van der Waals surface area contributed by atoms with E-state index in [1.165, 1.54) is 0 Å². The third kappa shape index (κ3) is 3.61. The molecule has 4 heteroatoms. The minimum absolute atomic E-state index is 0.113. The molecular weight excluding hydrogens is 278 g/mol. The van der Waals surface area contributed by atoms with Crippen LogP contribution < -0.4 is 0 Å². The lowest BCUT2D eigenvalue weighted by Crippen LogP contribution is -2.07. The molecule has 3 rings (SSSR count). The molecule has 0 amide bonds. The van der Waals surface area contributed by atoms with Crippen molar-refractivity contribution in [3.8, 4) is 11.3 Å². The average molecular weight is 293 g/mol. The topological polar surface area (TPSA) is 52.3 Å². The molecule has 0 aliphatic rings. The summed E-state index contributed by atoms with van der Waals surface area (Å²) in [6.07, 6.45) is 0.254. The maximum Gasteiger partial charge on any atom is 0.310 e. The van der Waals surface area contributed by atoms with Crippen molar-refractivity contribution in [2.45, 2.75) is 13.0 Å². The second-order valence-electron chi connectivity index (χ2n) is 4.87. The van der Waals surface area contributed by atoms with Crippen LogP contribution in [0.2, 0.25) is 0 Å². The molecule has 2 aromatic carbocycles. The van der Waals surface area contributed by atoms with Crippen molar-refractivity contribution in [2.75, 3.05) is 0 Å². The van der Waals surface area contributed by atoms with Crippen molar-refractivity contribution in [1.82, 2.24) is 5.16 Å². The molecule has 0 atom stereocenters. The van der Waals surface area contributed by atoms with Gasteiger partial charge in [-0.05, 0) is 5.56 Å². The quantitative estimate of drug-likeness (QED) is 0.674. The Balaban J connectivity index is 1.56. The predicted molar refractivity (Wildman–Crippen MR) is 81.9 cm³/mol. The van der Waals surface area contributed by atoms with Crippen LogP contribution >= 0.6 is 0 Å². The molecule has 3 aromatic rings. The standard InChI is InChI=1S/C18H15NO3/c20-18(11-14-7-3-1-4-8-14)21-13-16-12-17(22-19-16)15-9-5-2-6-10-15/h1-10,12H,11,13H2. The number of rotatable bonds is 5. The Bertz CT molecular complexity index is 735. The third-order valence-corrected chi connectivity index (χ3v) is 3.19. The first-order chi connectivity index (χ1) is 10.8. The molecule has 0 bridgehead atoms. The van der Waals surface area contributed by atoms with E-state index >= 15 is 0 Å². The summed E-state index contributed by atoms with van der Waals surface area (Å²) in [5.41, 5.74) is 2.47. The molecule has 0 radical (unpaired) electrons. The number of aromatic nitrogens is 1. The van der Waals surface area contributed by atoms with Gasteiger partial charge < -0.3 is 9.26 Å². The second kappa shape index (κ2) is 6.72. The van der Waals surface area contributed by atoms with Crippen LogP contribution in [0.4, 0.5) is 0 Å². The first-order valence-corrected chi connectivity index (χ1v) is 7.02. The molecule has 4 nitrogen and oxygen atoms in total. The van der Waals surface area contributed by atoms with E-state index in [1.807, 2.05) is 60.7 Å². The maximum absolute atomic E-state index is 11.8. The summed E-state index contributed by atoms with van der Waals surface area (Å²) in [5.74, 6) is 0.380. The van der Waals surface area contributed by atoms with E-state index in [1.54, 1.807) is 6.07 Å². The van der Waals surface area contributed by atoms with E-state index in [0.29, 0.717) is 11.5 Å². The zero-order valence-electron chi connectivity index (χ0n) is 11.9. The van der Waals surface area contributed by atoms with Crippen molar-refractivity contribution in [2.24, 2.45) is 0 Å². The van der Waals surface area contributed by atoms with Gasteiger partial charge in [0.2, 0.25) is 0 Å². The van der Waals surface area contributed by atoms with Crippen molar-refractivity contribution in [3.63, 3.8) is 0 Å². The average Bonchev–Trinajstić information content (AvgIpc) is 3.04. The van der Waals surface area contributed by atoms with E-state index in [4.69, 9.17) is 9.26 Å². The fraction of sp³-hybridized carbons (Fsp3) is 0.111. The molecule has 0 aliphatic carbocycles. The zero-order chi connectivity index (χ0) is 15.2. The highest BCUT2D eigenvalue weighted by Gasteiger charge is 2.09. The summed E-state index contributed by atoms with van der Waals surface area (Å²) in [6.45, 7) is 0.113. The molecule has 0 fully saturated rings. The van der Waals surface area contributed by atoms with Gasteiger partial charge in [-0.1, -0.05) is 65.8 Å². The van der Waals surface area contributed by atoms with Gasteiger partial charge in [0.1, 0.15) is 12.3 Å². The summed E-state index contributed by atoms with van der Waals surface area (Å²) in [7, 11) is 0. The van der Waals surface area contributed by atoms with Crippen molar-refractivity contribution < 1.29 is 14.1 Å². The number of nitrogens with zero attached hydrogens (tertiary/aromatic N) is 1. The Kier molecular flexibility index (Phi) is 4.30. The lowest BCUT2D eigenvalue weighted by Gasteiger charge is -2.02. The van der Waals surface area contributed by atoms with E-state index in [-0.39, 0.29) is 19.0 Å². The van der Waals surface area contributed by atoms with Gasteiger partial charge in [0.25, 0.3) is 0 Å². The highest BCUT2D eigenvalue weighted by molar-refractivity contribution is 5.72. The van der Waals surface area contributed by atoms with Crippen LogP contribution in [0.1, 0.15) is 11.3 Å². The van der Waals surface area contributed by atoms with Gasteiger partial charge >= 0.3 is 5.97 Å². The zero-order valence-corrected chi connectivity index (χ0v) is 11.9. The molecular formula is C18H15NO3. The molecule has 1 aromatic heterocycles. The van der Waals surface area contributed by atoms with E-state index in [0.717, 1.165) is 11.1 Å². The second-order valence-corrected chi connectivity index (χ2v) is 4.87. The normalized spacial score (nSPS) is 10.4. The van der Waals surface area contributed by atoms with Gasteiger partial charge in [0.15, 0.2) is 5.76 Å². The maximum atomic E-state index is 11.8. The van der Waals surface area contributed by atoms with Crippen LogP contribution in [0.5, 0.6) is 0 Å². The predicted octanol–water partition coefficient (Wildman–Crippen LogP) is 3.63. The highest BCUT2D eigenvalue weighted by Crippen LogP contribution is 2.20. The van der Waals surface area contributed by atoms with Crippen LogP contribution in [-0.4, -0.2) is 11.1 Å². The van der Waals surface area contributed by atoms with Crippen molar-refractivity contribution in [1.29, 1.82) is 0 Å². The first kappa shape index (κ1) is 14.1. The molecule has 1 heterocycles. The number of esters is 1. The Morgan fingerprint density at radius 2 is 1.68 bits per heavy atom. The minimum Gasteiger partial charge on any atom is -0.459 e. The number of carbonyl (C=O) groups excluding carboxylic acids is 1. The molecule has 0 unspecified atom stereocenters. The van der Waals surface area contributed by atoms with Gasteiger partial charge in [-0.25, -0.2) is 0 Å². The van der Waals surface area contributed by atoms with E-state index in [2.05, 4.69) is 5.16 Å². The molecule has 0 spiro atoms. The minimum atomic E-state index is -0.282.